The van der Waals surface area contributed by atoms with Crippen LogP contribution in [0.3, 0.4) is 0 Å². The number of carbonyl (C=O) groups is 1. The summed E-state index contributed by atoms with van der Waals surface area (Å²) in [6, 6.07) is 0. The molecule has 0 spiro atoms. The molecule has 92 valence electrons. The summed E-state index contributed by atoms with van der Waals surface area (Å²) in [4.78, 5) is 10.3. The zero-order valence-corrected chi connectivity index (χ0v) is 10.3. The molecule has 0 bridgehead atoms. The maximum atomic E-state index is 11.3. The Labute approximate surface area is 99.6 Å². The van der Waals surface area contributed by atoms with Gasteiger partial charge < -0.3 is 5.11 Å². The minimum atomic E-state index is -3.58. The first-order chi connectivity index (χ1) is 6.93. The van der Waals surface area contributed by atoms with Gasteiger partial charge in [-0.15, -0.1) is 12.4 Å². The van der Waals surface area contributed by atoms with Crippen molar-refractivity contribution in [2.24, 2.45) is 0 Å². The highest BCUT2D eigenvalue weighted by molar-refractivity contribution is 7.91. The Kier molecular flexibility index (Phi) is 5.46. The lowest BCUT2D eigenvalue weighted by Crippen LogP contribution is -2.16. The standard InChI is InChI=1S/C8H12N2O4S.ClH/c1-2-10-4-7(3-9-10)5-15(13,14)6-8(11)12;/h3-4H,2,5-6H2,1H3,(H,11,12);1H. The highest BCUT2D eigenvalue weighted by Crippen LogP contribution is 2.05. The van der Waals surface area contributed by atoms with Gasteiger partial charge >= 0.3 is 5.97 Å². The number of aryl methyl sites for hydroxylation is 1. The van der Waals surface area contributed by atoms with Crippen LogP contribution in [-0.4, -0.2) is 35.0 Å². The first-order valence-corrected chi connectivity index (χ1v) is 6.18. The maximum absolute atomic E-state index is 11.3. The van der Waals surface area contributed by atoms with Crippen molar-refractivity contribution in [2.45, 2.75) is 19.2 Å². The summed E-state index contributed by atoms with van der Waals surface area (Å²) in [6.07, 6.45) is 3.03. The molecule has 1 rings (SSSR count). The first-order valence-electron chi connectivity index (χ1n) is 4.36. The average Bonchev–Trinajstić information content (AvgIpc) is 2.48. The molecule has 8 heteroatoms. The Morgan fingerprint density at radius 2 is 2.19 bits per heavy atom. The van der Waals surface area contributed by atoms with Crippen LogP contribution in [0.2, 0.25) is 0 Å². The van der Waals surface area contributed by atoms with Crippen molar-refractivity contribution < 1.29 is 18.3 Å². The van der Waals surface area contributed by atoms with E-state index in [-0.39, 0.29) is 18.2 Å². The lowest BCUT2D eigenvalue weighted by Gasteiger charge is -1.97. The molecule has 1 aromatic heterocycles. The Morgan fingerprint density at radius 1 is 1.56 bits per heavy atom. The van der Waals surface area contributed by atoms with Gasteiger partial charge in [0.1, 0.15) is 5.75 Å². The van der Waals surface area contributed by atoms with Crippen LogP contribution < -0.4 is 0 Å². The number of hydrogen-bond donors (Lipinski definition) is 1. The molecule has 16 heavy (non-hydrogen) atoms. The lowest BCUT2D eigenvalue weighted by atomic mass is 10.4. The number of aliphatic carboxylic acids is 1. The van der Waals surface area contributed by atoms with Crippen LogP contribution in [0, 0.1) is 0 Å². The van der Waals surface area contributed by atoms with E-state index in [1.54, 1.807) is 10.9 Å². The van der Waals surface area contributed by atoms with Crippen molar-refractivity contribution in [3.05, 3.63) is 18.0 Å². The van der Waals surface area contributed by atoms with Crippen molar-refractivity contribution in [1.29, 1.82) is 0 Å². The average molecular weight is 269 g/mol. The molecule has 0 aliphatic rings. The van der Waals surface area contributed by atoms with Gasteiger partial charge in [0.2, 0.25) is 0 Å². The molecule has 0 aromatic carbocycles. The van der Waals surface area contributed by atoms with Gasteiger partial charge in [0.15, 0.2) is 9.84 Å². The normalized spacial score (nSPS) is 10.8. The van der Waals surface area contributed by atoms with Crippen molar-refractivity contribution in [3.63, 3.8) is 0 Å². The van der Waals surface area contributed by atoms with Gasteiger partial charge in [-0.2, -0.15) is 5.10 Å². The third kappa shape index (κ3) is 4.63. The molecule has 0 saturated carbocycles. The van der Waals surface area contributed by atoms with E-state index in [2.05, 4.69) is 5.10 Å². The number of carboxylic acid groups (broad SMARTS) is 1. The summed E-state index contributed by atoms with van der Waals surface area (Å²) >= 11 is 0. The molecular weight excluding hydrogens is 256 g/mol. The smallest absolute Gasteiger partial charge is 0.318 e. The Bertz CT molecular complexity index is 454. The van der Waals surface area contributed by atoms with E-state index in [0.29, 0.717) is 12.1 Å². The SMILES string of the molecule is CCn1cc(CS(=O)(=O)CC(=O)O)cn1.Cl. The zero-order chi connectivity index (χ0) is 11.5. The number of halogens is 1. The van der Waals surface area contributed by atoms with Gasteiger partial charge in [-0.1, -0.05) is 0 Å². The molecule has 0 unspecified atom stereocenters. The summed E-state index contributed by atoms with van der Waals surface area (Å²) in [7, 11) is -3.58. The minimum Gasteiger partial charge on any atom is -0.480 e. The molecule has 1 N–H and O–H groups in total. The number of sulfone groups is 1. The molecule has 6 nitrogen and oxygen atoms in total. The first kappa shape index (κ1) is 14.9. The Morgan fingerprint density at radius 3 is 2.62 bits per heavy atom. The second-order valence-electron chi connectivity index (χ2n) is 3.13. The summed E-state index contributed by atoms with van der Waals surface area (Å²) in [5.41, 5.74) is 0.512. The highest BCUT2D eigenvalue weighted by atomic mass is 35.5. The maximum Gasteiger partial charge on any atom is 0.318 e. The van der Waals surface area contributed by atoms with Crippen molar-refractivity contribution in [2.75, 3.05) is 5.75 Å². The molecule has 1 aromatic rings. The molecular formula is C8H13ClN2O4S. The fourth-order valence-corrected chi connectivity index (χ4v) is 2.28. The van der Waals surface area contributed by atoms with E-state index in [1.165, 1.54) is 6.20 Å². The zero-order valence-electron chi connectivity index (χ0n) is 8.66. The second kappa shape index (κ2) is 5.86. The molecule has 1 heterocycles. The van der Waals surface area contributed by atoms with Gasteiger partial charge in [-0.25, -0.2) is 8.42 Å². The molecule has 0 aliphatic heterocycles. The number of aromatic nitrogens is 2. The van der Waals surface area contributed by atoms with Crippen LogP contribution in [0.5, 0.6) is 0 Å². The minimum absolute atomic E-state index is 0. The molecule has 0 fully saturated rings. The quantitative estimate of drug-likeness (QED) is 0.831. The number of rotatable bonds is 5. The monoisotopic (exact) mass is 268 g/mol. The van der Waals surface area contributed by atoms with E-state index in [9.17, 15) is 13.2 Å². The van der Waals surface area contributed by atoms with Gasteiger partial charge in [0.05, 0.1) is 11.9 Å². The van der Waals surface area contributed by atoms with E-state index in [1.807, 2.05) is 6.92 Å². The van der Waals surface area contributed by atoms with Crippen LogP contribution in [0.15, 0.2) is 12.4 Å². The van der Waals surface area contributed by atoms with E-state index in [0.717, 1.165) is 0 Å². The second-order valence-corrected chi connectivity index (χ2v) is 5.19. The summed E-state index contributed by atoms with van der Waals surface area (Å²) < 4.78 is 24.2. The third-order valence-electron chi connectivity index (χ3n) is 1.74. The molecule has 0 atom stereocenters. The van der Waals surface area contributed by atoms with Crippen LogP contribution in [0.1, 0.15) is 12.5 Å². The molecule has 0 saturated heterocycles. The highest BCUT2D eigenvalue weighted by Gasteiger charge is 2.17. The molecule has 0 radical (unpaired) electrons. The Hall–Kier alpha value is -1.08. The van der Waals surface area contributed by atoms with E-state index < -0.39 is 21.6 Å². The number of hydrogen-bond acceptors (Lipinski definition) is 4. The van der Waals surface area contributed by atoms with Crippen molar-refractivity contribution in [3.8, 4) is 0 Å². The predicted octanol–water partition coefficient (Wildman–Crippen LogP) is 0.324. The predicted molar refractivity (Wildman–Crippen MR) is 60.3 cm³/mol. The van der Waals surface area contributed by atoms with Crippen LogP contribution in [0.4, 0.5) is 0 Å². The van der Waals surface area contributed by atoms with Crippen LogP contribution >= 0.6 is 12.4 Å². The van der Waals surface area contributed by atoms with Crippen molar-refractivity contribution in [1.82, 2.24) is 9.78 Å². The summed E-state index contributed by atoms with van der Waals surface area (Å²) in [5, 5.41) is 12.3. The number of carboxylic acids is 1. The lowest BCUT2D eigenvalue weighted by molar-refractivity contribution is -0.134. The topological polar surface area (TPSA) is 89.3 Å². The summed E-state index contributed by atoms with van der Waals surface area (Å²) in [5.74, 6) is -2.46. The third-order valence-corrected chi connectivity index (χ3v) is 3.20. The van der Waals surface area contributed by atoms with Crippen LogP contribution in [-0.2, 0) is 26.9 Å². The van der Waals surface area contributed by atoms with Crippen molar-refractivity contribution >= 4 is 28.2 Å². The fraction of sp³-hybridized carbons (Fsp3) is 0.500. The van der Waals surface area contributed by atoms with Crippen LogP contribution in [0.25, 0.3) is 0 Å². The molecule has 0 amide bonds. The van der Waals surface area contributed by atoms with Gasteiger partial charge in [-0.3, -0.25) is 9.48 Å². The van der Waals surface area contributed by atoms with E-state index in [4.69, 9.17) is 5.11 Å². The number of nitrogens with zero attached hydrogens (tertiary/aromatic N) is 2. The van der Waals surface area contributed by atoms with E-state index >= 15 is 0 Å². The molecule has 0 aliphatic carbocycles. The van der Waals surface area contributed by atoms with Gasteiger partial charge in [0, 0.05) is 18.3 Å². The largest absolute Gasteiger partial charge is 0.480 e. The van der Waals surface area contributed by atoms with Gasteiger partial charge in [-0.05, 0) is 6.92 Å². The summed E-state index contributed by atoms with van der Waals surface area (Å²) in [6.45, 7) is 2.53. The Balaban J connectivity index is 0.00000225. The van der Waals surface area contributed by atoms with Gasteiger partial charge in [0.25, 0.3) is 0 Å². The fourth-order valence-electron chi connectivity index (χ4n) is 1.15.